The molecule has 3 heterocycles. The SMILES string of the molecule is CCC(C)(CC)c1ccc(-c2cccc3c2oc2nc(-c4c(C)cccc4C)ccc23)nc1. The van der Waals surface area contributed by atoms with Crippen LogP contribution < -0.4 is 0 Å². The number of nitrogens with zero attached hydrogens (tertiary/aromatic N) is 2. The van der Waals surface area contributed by atoms with Crippen molar-refractivity contribution in [1.29, 1.82) is 0 Å². The van der Waals surface area contributed by atoms with E-state index >= 15 is 0 Å². The van der Waals surface area contributed by atoms with E-state index in [4.69, 9.17) is 14.4 Å². The third-order valence-electron chi connectivity index (χ3n) is 7.40. The molecule has 0 saturated heterocycles. The van der Waals surface area contributed by atoms with Gasteiger partial charge in [0.05, 0.1) is 11.4 Å². The number of rotatable bonds is 5. The summed E-state index contributed by atoms with van der Waals surface area (Å²) in [6.07, 6.45) is 4.22. The lowest BCUT2D eigenvalue weighted by atomic mass is 9.78. The summed E-state index contributed by atoms with van der Waals surface area (Å²) in [5.74, 6) is 0. The smallest absolute Gasteiger partial charge is 0.227 e. The van der Waals surface area contributed by atoms with Gasteiger partial charge in [-0.05, 0) is 73.1 Å². The van der Waals surface area contributed by atoms with Gasteiger partial charge in [0.2, 0.25) is 5.71 Å². The normalized spacial score (nSPS) is 12.0. The van der Waals surface area contributed by atoms with Crippen LogP contribution in [0.15, 0.2) is 71.3 Å². The van der Waals surface area contributed by atoms with E-state index < -0.39 is 0 Å². The van der Waals surface area contributed by atoms with Crippen LogP contribution in [0.2, 0.25) is 0 Å². The van der Waals surface area contributed by atoms with Crippen molar-refractivity contribution in [3.05, 3.63) is 83.6 Å². The fourth-order valence-corrected chi connectivity index (χ4v) is 4.81. The molecule has 0 atom stereocenters. The van der Waals surface area contributed by atoms with Gasteiger partial charge in [-0.1, -0.05) is 57.2 Å². The van der Waals surface area contributed by atoms with Gasteiger partial charge in [-0.15, -0.1) is 0 Å². The molecule has 33 heavy (non-hydrogen) atoms. The first-order valence-corrected chi connectivity index (χ1v) is 11.8. The third kappa shape index (κ3) is 3.52. The zero-order chi connectivity index (χ0) is 23.2. The van der Waals surface area contributed by atoms with E-state index in [1.165, 1.54) is 22.3 Å². The van der Waals surface area contributed by atoms with E-state index in [0.29, 0.717) is 5.71 Å². The number of pyridine rings is 2. The predicted molar refractivity (Wildman–Crippen MR) is 138 cm³/mol. The predicted octanol–water partition coefficient (Wildman–Crippen LogP) is 8.40. The first kappa shape index (κ1) is 21.4. The maximum atomic E-state index is 6.37. The molecule has 2 aromatic carbocycles. The van der Waals surface area contributed by atoms with Gasteiger partial charge in [-0.25, -0.2) is 4.98 Å². The molecule has 3 nitrogen and oxygen atoms in total. The fraction of sp³-hybridized carbons (Fsp3) is 0.267. The highest BCUT2D eigenvalue weighted by Gasteiger charge is 2.23. The maximum Gasteiger partial charge on any atom is 0.227 e. The zero-order valence-corrected chi connectivity index (χ0v) is 20.1. The molecule has 0 radical (unpaired) electrons. The van der Waals surface area contributed by atoms with Crippen LogP contribution in [-0.4, -0.2) is 9.97 Å². The second-order valence-corrected chi connectivity index (χ2v) is 9.30. The van der Waals surface area contributed by atoms with E-state index in [-0.39, 0.29) is 5.41 Å². The Morgan fingerprint density at radius 1 is 0.788 bits per heavy atom. The summed E-state index contributed by atoms with van der Waals surface area (Å²) in [6, 6.07) is 21.2. The van der Waals surface area contributed by atoms with Crippen molar-refractivity contribution in [3.8, 4) is 22.5 Å². The molecular formula is C30H30N2O. The molecule has 0 aliphatic rings. The van der Waals surface area contributed by atoms with Crippen LogP contribution >= 0.6 is 0 Å². The van der Waals surface area contributed by atoms with E-state index in [2.05, 4.69) is 95.3 Å². The largest absolute Gasteiger partial charge is 0.437 e. The van der Waals surface area contributed by atoms with Crippen molar-refractivity contribution in [2.24, 2.45) is 0 Å². The molecule has 0 fully saturated rings. The Morgan fingerprint density at radius 2 is 1.48 bits per heavy atom. The molecule has 166 valence electrons. The number of furan rings is 1. The summed E-state index contributed by atoms with van der Waals surface area (Å²) in [5, 5.41) is 2.10. The van der Waals surface area contributed by atoms with Crippen molar-refractivity contribution in [2.75, 3.05) is 0 Å². The van der Waals surface area contributed by atoms with E-state index in [9.17, 15) is 0 Å². The molecule has 0 bridgehead atoms. The lowest BCUT2D eigenvalue weighted by molar-refractivity contribution is 0.437. The summed E-state index contributed by atoms with van der Waals surface area (Å²) in [4.78, 5) is 9.76. The average Bonchev–Trinajstić information content (AvgIpc) is 3.21. The number of aryl methyl sites for hydroxylation is 2. The second kappa shape index (κ2) is 8.15. The molecule has 3 aromatic heterocycles. The van der Waals surface area contributed by atoms with Crippen LogP contribution in [0.1, 0.15) is 50.3 Å². The van der Waals surface area contributed by atoms with Crippen molar-refractivity contribution in [1.82, 2.24) is 9.97 Å². The van der Waals surface area contributed by atoms with Crippen LogP contribution in [0.5, 0.6) is 0 Å². The van der Waals surface area contributed by atoms with Crippen LogP contribution in [0.3, 0.4) is 0 Å². The first-order valence-electron chi connectivity index (χ1n) is 11.8. The number of para-hydroxylation sites is 1. The number of hydrogen-bond acceptors (Lipinski definition) is 3. The molecule has 0 amide bonds. The number of hydrogen-bond donors (Lipinski definition) is 0. The van der Waals surface area contributed by atoms with Crippen LogP contribution in [-0.2, 0) is 5.41 Å². The minimum atomic E-state index is 0.158. The van der Waals surface area contributed by atoms with Gasteiger partial charge < -0.3 is 4.42 Å². The fourth-order valence-electron chi connectivity index (χ4n) is 4.81. The Labute approximate surface area is 195 Å². The summed E-state index contributed by atoms with van der Waals surface area (Å²) < 4.78 is 6.37. The maximum absolute atomic E-state index is 6.37. The summed E-state index contributed by atoms with van der Waals surface area (Å²) >= 11 is 0. The molecule has 0 saturated carbocycles. The molecule has 0 spiro atoms. The third-order valence-corrected chi connectivity index (χ3v) is 7.40. The Kier molecular flexibility index (Phi) is 5.28. The molecule has 0 unspecified atom stereocenters. The van der Waals surface area contributed by atoms with E-state index in [1.807, 2.05) is 6.20 Å². The summed E-state index contributed by atoms with van der Waals surface area (Å²) in [6.45, 7) is 11.0. The van der Waals surface area contributed by atoms with E-state index in [1.54, 1.807) is 0 Å². The minimum absolute atomic E-state index is 0.158. The highest BCUT2D eigenvalue weighted by Crippen LogP contribution is 2.37. The van der Waals surface area contributed by atoms with Gasteiger partial charge in [-0.3, -0.25) is 4.98 Å². The van der Waals surface area contributed by atoms with Gasteiger partial charge in [0.25, 0.3) is 0 Å². The number of aromatic nitrogens is 2. The summed E-state index contributed by atoms with van der Waals surface area (Å²) in [7, 11) is 0. The van der Waals surface area contributed by atoms with Crippen LogP contribution in [0, 0.1) is 13.8 Å². The average molecular weight is 435 g/mol. The second-order valence-electron chi connectivity index (χ2n) is 9.30. The molecule has 5 aromatic rings. The van der Waals surface area contributed by atoms with Crippen molar-refractivity contribution in [3.63, 3.8) is 0 Å². The Balaban J connectivity index is 1.63. The van der Waals surface area contributed by atoms with Crippen molar-refractivity contribution in [2.45, 2.75) is 52.9 Å². The highest BCUT2D eigenvalue weighted by molar-refractivity contribution is 6.08. The topological polar surface area (TPSA) is 38.9 Å². The Hall–Kier alpha value is -3.46. The van der Waals surface area contributed by atoms with Crippen molar-refractivity contribution >= 4 is 22.1 Å². The zero-order valence-electron chi connectivity index (χ0n) is 20.1. The van der Waals surface area contributed by atoms with E-state index in [0.717, 1.165) is 46.1 Å². The van der Waals surface area contributed by atoms with Crippen LogP contribution in [0.4, 0.5) is 0 Å². The molecule has 0 aliphatic carbocycles. The molecule has 0 N–H and O–H groups in total. The van der Waals surface area contributed by atoms with Gasteiger partial charge in [0.1, 0.15) is 5.58 Å². The minimum Gasteiger partial charge on any atom is -0.437 e. The quantitative estimate of drug-likeness (QED) is 0.279. The van der Waals surface area contributed by atoms with Crippen molar-refractivity contribution < 1.29 is 4.42 Å². The lowest BCUT2D eigenvalue weighted by Gasteiger charge is -2.27. The lowest BCUT2D eigenvalue weighted by Crippen LogP contribution is -2.19. The molecular weight excluding hydrogens is 404 g/mol. The van der Waals surface area contributed by atoms with Gasteiger partial charge in [0, 0.05) is 28.1 Å². The first-order chi connectivity index (χ1) is 15.9. The molecule has 3 heteroatoms. The highest BCUT2D eigenvalue weighted by atomic mass is 16.3. The standard InChI is InChI=1S/C30H30N2O/c1-6-30(5,7-2)21-14-16-25(31-18-21)24-13-9-12-22-23-15-17-26(32-29(23)33-28(22)24)27-19(3)10-8-11-20(27)4/h8-18H,6-7H2,1-5H3. The number of benzene rings is 2. The van der Waals surface area contributed by atoms with Crippen LogP contribution in [0.25, 0.3) is 44.6 Å². The Bertz CT molecular complexity index is 1440. The molecule has 0 aliphatic heterocycles. The van der Waals surface area contributed by atoms with Gasteiger partial charge >= 0.3 is 0 Å². The summed E-state index contributed by atoms with van der Waals surface area (Å²) in [5.41, 5.74) is 9.42. The van der Waals surface area contributed by atoms with Gasteiger partial charge in [-0.2, -0.15) is 0 Å². The monoisotopic (exact) mass is 434 g/mol. The van der Waals surface area contributed by atoms with Gasteiger partial charge in [0.15, 0.2) is 0 Å². The number of fused-ring (bicyclic) bond motifs is 3. The molecule has 5 rings (SSSR count). The Morgan fingerprint density at radius 3 is 2.15 bits per heavy atom.